The van der Waals surface area contributed by atoms with E-state index in [1.165, 1.54) is 10.9 Å². The van der Waals surface area contributed by atoms with Crippen LogP contribution in [0.1, 0.15) is 12.7 Å². The summed E-state index contributed by atoms with van der Waals surface area (Å²) in [7, 11) is -2.10. The Morgan fingerprint density at radius 3 is 2.84 bits per heavy atom. The predicted octanol–water partition coefficient (Wildman–Crippen LogP) is 1.58. The van der Waals surface area contributed by atoms with Crippen LogP contribution in [0.15, 0.2) is 34.2 Å². The fourth-order valence-corrected chi connectivity index (χ4v) is 3.34. The van der Waals surface area contributed by atoms with Crippen LogP contribution in [0.2, 0.25) is 5.15 Å². The third kappa shape index (κ3) is 3.17. The fraction of sp³-hybridized carbons (Fsp3) is 0.364. The molecule has 0 aromatic carbocycles. The Hall–Kier alpha value is -1.31. The second-order valence-electron chi connectivity index (χ2n) is 4.26. The van der Waals surface area contributed by atoms with Gasteiger partial charge in [0.2, 0.25) is 5.03 Å². The van der Waals surface area contributed by atoms with Crippen LogP contribution < -0.4 is 4.72 Å². The molecule has 1 atom stereocenters. The maximum Gasteiger partial charge on any atom is 0.261 e. The lowest BCUT2D eigenvalue weighted by Crippen LogP contribution is -2.34. The Morgan fingerprint density at radius 2 is 2.32 bits per heavy atom. The first kappa shape index (κ1) is 14.1. The number of halogens is 1. The summed E-state index contributed by atoms with van der Waals surface area (Å²) in [5.74, 6) is 0.710. The zero-order valence-corrected chi connectivity index (χ0v) is 12.1. The first-order valence-corrected chi connectivity index (χ1v) is 7.48. The minimum absolute atomic E-state index is 0.0812. The van der Waals surface area contributed by atoms with E-state index >= 15 is 0 Å². The maximum absolute atomic E-state index is 12.1. The summed E-state index contributed by atoms with van der Waals surface area (Å²) >= 11 is 5.88. The van der Waals surface area contributed by atoms with Crippen molar-refractivity contribution >= 4 is 21.6 Å². The molecule has 0 aliphatic carbocycles. The van der Waals surface area contributed by atoms with Gasteiger partial charge in [-0.25, -0.2) is 18.1 Å². The standard InChI is InChI=1S/C11H14ClN3O3S/c1-8(6-9-4-3-5-18-9)14-19(16,17)11-10(12)15(2)7-13-11/h3-5,7-8,14H,6H2,1-2H3/t8-/m0/s1. The van der Waals surface area contributed by atoms with E-state index in [0.29, 0.717) is 12.2 Å². The van der Waals surface area contributed by atoms with Crippen LogP contribution in [0, 0.1) is 0 Å². The SMILES string of the molecule is C[C@@H](Cc1ccco1)NS(=O)(=O)c1ncn(C)c1Cl. The Kier molecular flexibility index (Phi) is 3.98. The van der Waals surface area contributed by atoms with E-state index in [-0.39, 0.29) is 16.2 Å². The number of nitrogens with zero attached hydrogens (tertiary/aromatic N) is 2. The second kappa shape index (κ2) is 5.36. The zero-order valence-electron chi connectivity index (χ0n) is 10.5. The highest BCUT2D eigenvalue weighted by atomic mass is 35.5. The number of imidazole rings is 1. The number of hydrogen-bond acceptors (Lipinski definition) is 4. The van der Waals surface area contributed by atoms with E-state index < -0.39 is 10.0 Å². The molecule has 0 aliphatic heterocycles. The minimum atomic E-state index is -3.73. The van der Waals surface area contributed by atoms with Gasteiger partial charge in [0, 0.05) is 19.5 Å². The molecule has 104 valence electrons. The van der Waals surface area contributed by atoms with Gasteiger partial charge < -0.3 is 8.98 Å². The summed E-state index contributed by atoms with van der Waals surface area (Å²) < 4.78 is 33.3. The number of furan rings is 1. The summed E-state index contributed by atoms with van der Waals surface area (Å²) in [5.41, 5.74) is 0. The molecule has 0 bridgehead atoms. The monoisotopic (exact) mass is 303 g/mol. The number of sulfonamides is 1. The molecule has 0 saturated carbocycles. The van der Waals surface area contributed by atoms with Crippen molar-refractivity contribution in [2.45, 2.75) is 24.4 Å². The van der Waals surface area contributed by atoms with Gasteiger partial charge in [-0.15, -0.1) is 0 Å². The highest BCUT2D eigenvalue weighted by Gasteiger charge is 2.24. The first-order chi connectivity index (χ1) is 8.90. The van der Waals surface area contributed by atoms with Crippen molar-refractivity contribution in [3.8, 4) is 0 Å². The highest BCUT2D eigenvalue weighted by Crippen LogP contribution is 2.19. The molecule has 0 aliphatic rings. The van der Waals surface area contributed by atoms with Crippen LogP contribution in [0.5, 0.6) is 0 Å². The molecular weight excluding hydrogens is 290 g/mol. The average Bonchev–Trinajstić information content (AvgIpc) is 2.90. The molecule has 0 unspecified atom stereocenters. The smallest absolute Gasteiger partial charge is 0.261 e. The third-order valence-corrected chi connectivity index (χ3v) is 4.61. The van der Waals surface area contributed by atoms with Crippen LogP contribution >= 0.6 is 11.6 Å². The van der Waals surface area contributed by atoms with Gasteiger partial charge in [0.05, 0.1) is 12.6 Å². The molecule has 8 heteroatoms. The van der Waals surface area contributed by atoms with Crippen molar-refractivity contribution in [1.82, 2.24) is 14.3 Å². The lowest BCUT2D eigenvalue weighted by atomic mass is 10.2. The molecule has 2 heterocycles. The van der Waals surface area contributed by atoms with Crippen molar-refractivity contribution in [2.75, 3.05) is 0 Å². The van der Waals surface area contributed by atoms with E-state index in [9.17, 15) is 8.42 Å². The van der Waals surface area contributed by atoms with Gasteiger partial charge in [-0.05, 0) is 19.1 Å². The third-order valence-electron chi connectivity index (χ3n) is 2.53. The fourth-order valence-electron chi connectivity index (χ4n) is 1.67. The molecule has 2 rings (SSSR count). The van der Waals surface area contributed by atoms with E-state index in [2.05, 4.69) is 9.71 Å². The lowest BCUT2D eigenvalue weighted by molar-refractivity contribution is 0.478. The average molecular weight is 304 g/mol. The van der Waals surface area contributed by atoms with Crippen molar-refractivity contribution in [2.24, 2.45) is 7.05 Å². The molecule has 2 aromatic heterocycles. The minimum Gasteiger partial charge on any atom is -0.469 e. The van der Waals surface area contributed by atoms with Crippen molar-refractivity contribution < 1.29 is 12.8 Å². The topological polar surface area (TPSA) is 77.1 Å². The summed E-state index contributed by atoms with van der Waals surface area (Å²) in [5, 5.41) is -0.0827. The maximum atomic E-state index is 12.1. The van der Waals surface area contributed by atoms with E-state index in [1.54, 1.807) is 32.4 Å². The summed E-state index contributed by atoms with van der Waals surface area (Å²) in [6.45, 7) is 1.75. The number of aryl methyl sites for hydroxylation is 1. The number of aromatic nitrogens is 2. The summed E-state index contributed by atoms with van der Waals surface area (Å²) in [6.07, 6.45) is 3.36. The largest absolute Gasteiger partial charge is 0.469 e. The Bertz CT molecular complexity index is 649. The summed E-state index contributed by atoms with van der Waals surface area (Å²) in [4.78, 5) is 3.79. The quantitative estimate of drug-likeness (QED) is 0.909. The van der Waals surface area contributed by atoms with E-state index in [4.69, 9.17) is 16.0 Å². The van der Waals surface area contributed by atoms with Gasteiger partial charge in [0.1, 0.15) is 10.9 Å². The van der Waals surface area contributed by atoms with Crippen molar-refractivity contribution in [1.29, 1.82) is 0 Å². The van der Waals surface area contributed by atoms with E-state index in [0.717, 1.165) is 0 Å². The molecule has 1 N–H and O–H groups in total. The van der Waals surface area contributed by atoms with Gasteiger partial charge >= 0.3 is 0 Å². The first-order valence-electron chi connectivity index (χ1n) is 5.61. The summed E-state index contributed by atoms with van der Waals surface area (Å²) in [6, 6.07) is 3.22. The Balaban J connectivity index is 2.11. The molecule has 0 radical (unpaired) electrons. The van der Waals surface area contributed by atoms with Gasteiger partial charge in [-0.1, -0.05) is 11.6 Å². The lowest BCUT2D eigenvalue weighted by Gasteiger charge is -2.11. The van der Waals surface area contributed by atoms with Crippen LogP contribution in [-0.2, 0) is 23.5 Å². The van der Waals surface area contributed by atoms with Crippen LogP contribution in [0.4, 0.5) is 0 Å². The molecule has 0 saturated heterocycles. The van der Waals surface area contributed by atoms with Crippen molar-refractivity contribution in [3.63, 3.8) is 0 Å². The van der Waals surface area contributed by atoms with E-state index in [1.807, 2.05) is 0 Å². The van der Waals surface area contributed by atoms with Crippen LogP contribution in [-0.4, -0.2) is 24.0 Å². The van der Waals surface area contributed by atoms with Gasteiger partial charge in [0.15, 0.2) is 0 Å². The normalized spacial score (nSPS) is 13.6. The second-order valence-corrected chi connectivity index (χ2v) is 6.24. The molecular formula is C11H14ClN3O3S. The zero-order chi connectivity index (χ0) is 14.0. The molecule has 6 nitrogen and oxygen atoms in total. The molecule has 0 fully saturated rings. The molecule has 2 aromatic rings. The molecule has 0 amide bonds. The number of nitrogens with one attached hydrogen (secondary N) is 1. The van der Waals surface area contributed by atoms with Gasteiger partial charge in [0.25, 0.3) is 10.0 Å². The highest BCUT2D eigenvalue weighted by molar-refractivity contribution is 7.89. The number of rotatable bonds is 5. The van der Waals surface area contributed by atoms with Gasteiger partial charge in [-0.3, -0.25) is 0 Å². The Labute approximate surface area is 116 Å². The molecule has 0 spiro atoms. The van der Waals surface area contributed by atoms with Crippen LogP contribution in [0.25, 0.3) is 0 Å². The van der Waals surface area contributed by atoms with Crippen molar-refractivity contribution in [3.05, 3.63) is 35.6 Å². The molecule has 19 heavy (non-hydrogen) atoms. The Morgan fingerprint density at radius 1 is 1.58 bits per heavy atom. The number of hydrogen-bond donors (Lipinski definition) is 1. The van der Waals surface area contributed by atoms with Crippen LogP contribution in [0.3, 0.4) is 0 Å². The predicted molar refractivity (Wildman–Crippen MR) is 70.4 cm³/mol. The van der Waals surface area contributed by atoms with Gasteiger partial charge in [-0.2, -0.15) is 0 Å².